The highest BCUT2D eigenvalue weighted by Gasteiger charge is 2.30. The number of hydrogen-bond donors (Lipinski definition) is 0. The summed E-state index contributed by atoms with van der Waals surface area (Å²) in [6.45, 7) is 3.29. The lowest BCUT2D eigenvalue weighted by molar-refractivity contribution is -0.141. The van der Waals surface area contributed by atoms with Crippen LogP contribution in [0.25, 0.3) is 0 Å². The molecule has 1 saturated heterocycles. The monoisotopic (exact) mass is 211 g/mol. The number of hydrogen-bond acceptors (Lipinski definition) is 3. The fourth-order valence-corrected chi connectivity index (χ4v) is 3.07. The van der Waals surface area contributed by atoms with E-state index in [9.17, 15) is 4.79 Å². The number of ether oxygens (including phenoxy) is 1. The van der Waals surface area contributed by atoms with Gasteiger partial charge in [0.1, 0.15) is 0 Å². The van der Waals surface area contributed by atoms with E-state index >= 15 is 0 Å². The molecule has 0 radical (unpaired) electrons. The summed E-state index contributed by atoms with van der Waals surface area (Å²) in [4.78, 5) is 13.5. The number of fused-ring (bicyclic) bond motifs is 2. The second kappa shape index (κ2) is 4.97. The number of nitrogens with zero attached hydrogens (tertiary/aromatic N) is 1. The molecule has 0 amide bonds. The standard InChI is InChI=1S/C12H21NO2/c1-15-12(14)5-6-13-8-10-3-2-4-11(7-10)9-13/h10-11H,2-9H2,1H3/t10-,11-/m0/s1. The molecular weight excluding hydrogens is 190 g/mol. The van der Waals surface area contributed by atoms with Crippen LogP contribution >= 0.6 is 0 Å². The van der Waals surface area contributed by atoms with Gasteiger partial charge in [0.05, 0.1) is 13.5 Å². The highest BCUT2D eigenvalue weighted by molar-refractivity contribution is 5.69. The maximum atomic E-state index is 11.1. The summed E-state index contributed by atoms with van der Waals surface area (Å²) in [5.41, 5.74) is 0. The highest BCUT2D eigenvalue weighted by Crippen LogP contribution is 2.34. The molecule has 2 rings (SSSR count). The van der Waals surface area contributed by atoms with Gasteiger partial charge in [0.15, 0.2) is 0 Å². The second-order valence-corrected chi connectivity index (χ2v) is 4.98. The first kappa shape index (κ1) is 10.9. The van der Waals surface area contributed by atoms with E-state index in [1.807, 2.05) is 0 Å². The summed E-state index contributed by atoms with van der Waals surface area (Å²) < 4.78 is 4.67. The number of likely N-dealkylation sites (tertiary alicyclic amines) is 1. The Bertz CT molecular complexity index is 218. The van der Waals surface area contributed by atoms with Gasteiger partial charge in [-0.25, -0.2) is 0 Å². The van der Waals surface area contributed by atoms with Gasteiger partial charge >= 0.3 is 5.97 Å². The number of piperidine rings is 1. The molecule has 1 saturated carbocycles. The fourth-order valence-electron chi connectivity index (χ4n) is 3.07. The first-order valence-corrected chi connectivity index (χ1v) is 6.07. The number of esters is 1. The molecule has 1 heterocycles. The van der Waals surface area contributed by atoms with Gasteiger partial charge in [-0.2, -0.15) is 0 Å². The molecule has 3 heteroatoms. The lowest BCUT2D eigenvalue weighted by atomic mass is 9.78. The molecule has 2 fully saturated rings. The molecule has 2 atom stereocenters. The molecular formula is C12H21NO2. The van der Waals surface area contributed by atoms with Crippen LogP contribution in [0.15, 0.2) is 0 Å². The third-order valence-electron chi connectivity index (χ3n) is 3.78. The summed E-state index contributed by atoms with van der Waals surface area (Å²) in [6.07, 6.45) is 6.18. The molecule has 0 aromatic heterocycles. The van der Waals surface area contributed by atoms with Gasteiger partial charge in [-0.3, -0.25) is 4.79 Å². The molecule has 0 spiro atoms. The van der Waals surface area contributed by atoms with E-state index in [1.54, 1.807) is 0 Å². The van der Waals surface area contributed by atoms with Crippen molar-refractivity contribution in [1.29, 1.82) is 0 Å². The van der Waals surface area contributed by atoms with Crippen molar-refractivity contribution >= 4 is 5.97 Å². The Balaban J connectivity index is 1.76. The maximum absolute atomic E-state index is 11.1. The van der Waals surface area contributed by atoms with Gasteiger partial charge in [-0.1, -0.05) is 6.42 Å². The zero-order valence-corrected chi connectivity index (χ0v) is 9.58. The Morgan fingerprint density at radius 1 is 1.33 bits per heavy atom. The molecule has 15 heavy (non-hydrogen) atoms. The average Bonchev–Trinajstić information content (AvgIpc) is 2.25. The van der Waals surface area contributed by atoms with Crippen LogP contribution in [0.4, 0.5) is 0 Å². The minimum absolute atomic E-state index is 0.0780. The lowest BCUT2D eigenvalue weighted by Crippen LogP contribution is -2.43. The number of carbonyl (C=O) groups excluding carboxylic acids is 1. The van der Waals surface area contributed by atoms with Gasteiger partial charge in [-0.05, 0) is 31.1 Å². The Hall–Kier alpha value is -0.570. The summed E-state index contributed by atoms with van der Waals surface area (Å²) in [5, 5.41) is 0. The molecule has 0 aromatic carbocycles. The van der Waals surface area contributed by atoms with Gasteiger partial charge in [0.25, 0.3) is 0 Å². The third kappa shape index (κ3) is 2.94. The summed E-state index contributed by atoms with van der Waals surface area (Å²) in [6, 6.07) is 0. The van der Waals surface area contributed by atoms with Crippen LogP contribution in [-0.4, -0.2) is 37.6 Å². The van der Waals surface area contributed by atoms with Crippen LogP contribution in [0.1, 0.15) is 32.1 Å². The molecule has 86 valence electrons. The summed E-state index contributed by atoms with van der Waals surface area (Å²) in [5.74, 6) is 1.72. The van der Waals surface area contributed by atoms with Crippen molar-refractivity contribution in [2.75, 3.05) is 26.7 Å². The molecule has 3 nitrogen and oxygen atoms in total. The number of carbonyl (C=O) groups is 1. The predicted molar refractivity (Wildman–Crippen MR) is 58.5 cm³/mol. The van der Waals surface area contributed by atoms with Crippen molar-refractivity contribution in [3.63, 3.8) is 0 Å². The Kier molecular flexibility index (Phi) is 3.62. The van der Waals surface area contributed by atoms with E-state index < -0.39 is 0 Å². The molecule has 2 aliphatic rings. The highest BCUT2D eigenvalue weighted by atomic mass is 16.5. The van der Waals surface area contributed by atoms with Crippen molar-refractivity contribution in [3.05, 3.63) is 0 Å². The van der Waals surface area contributed by atoms with E-state index in [2.05, 4.69) is 9.64 Å². The van der Waals surface area contributed by atoms with Crippen molar-refractivity contribution in [1.82, 2.24) is 4.90 Å². The smallest absolute Gasteiger partial charge is 0.306 e. The quantitative estimate of drug-likeness (QED) is 0.665. The zero-order chi connectivity index (χ0) is 10.7. The van der Waals surface area contributed by atoms with Gasteiger partial charge in [0, 0.05) is 19.6 Å². The van der Waals surface area contributed by atoms with Crippen LogP contribution in [0, 0.1) is 11.8 Å². The predicted octanol–water partition coefficient (Wildman–Crippen LogP) is 1.67. The zero-order valence-electron chi connectivity index (χ0n) is 9.58. The lowest BCUT2D eigenvalue weighted by Gasteiger charge is -2.41. The van der Waals surface area contributed by atoms with Crippen molar-refractivity contribution in [2.24, 2.45) is 11.8 Å². The van der Waals surface area contributed by atoms with Crippen molar-refractivity contribution < 1.29 is 9.53 Å². The Morgan fingerprint density at radius 3 is 2.60 bits per heavy atom. The number of methoxy groups -OCH3 is 1. The van der Waals surface area contributed by atoms with Gasteiger partial charge < -0.3 is 9.64 Å². The topological polar surface area (TPSA) is 29.5 Å². The number of rotatable bonds is 3. The van der Waals surface area contributed by atoms with Crippen molar-refractivity contribution in [2.45, 2.75) is 32.1 Å². The summed E-state index contributed by atoms with van der Waals surface area (Å²) in [7, 11) is 1.47. The first-order valence-electron chi connectivity index (χ1n) is 6.07. The molecule has 0 unspecified atom stereocenters. The largest absolute Gasteiger partial charge is 0.469 e. The van der Waals surface area contributed by atoms with Crippen LogP contribution in [0.2, 0.25) is 0 Å². The molecule has 2 bridgehead atoms. The minimum atomic E-state index is -0.0780. The Labute approximate surface area is 91.8 Å². The third-order valence-corrected chi connectivity index (χ3v) is 3.78. The van der Waals surface area contributed by atoms with E-state index in [4.69, 9.17) is 0 Å². The van der Waals surface area contributed by atoms with Crippen LogP contribution in [0.3, 0.4) is 0 Å². The van der Waals surface area contributed by atoms with Crippen molar-refractivity contribution in [3.8, 4) is 0 Å². The van der Waals surface area contributed by atoms with E-state index in [1.165, 1.54) is 45.9 Å². The minimum Gasteiger partial charge on any atom is -0.469 e. The molecule has 0 N–H and O–H groups in total. The van der Waals surface area contributed by atoms with Crippen LogP contribution in [-0.2, 0) is 9.53 Å². The SMILES string of the molecule is COC(=O)CCN1C[C@H]2CCC[C@@H](C2)C1. The second-order valence-electron chi connectivity index (χ2n) is 4.98. The maximum Gasteiger partial charge on any atom is 0.306 e. The van der Waals surface area contributed by atoms with Gasteiger partial charge in [0.2, 0.25) is 0 Å². The van der Waals surface area contributed by atoms with E-state index in [0.717, 1.165) is 18.4 Å². The van der Waals surface area contributed by atoms with Crippen LogP contribution < -0.4 is 0 Å². The van der Waals surface area contributed by atoms with Crippen LogP contribution in [0.5, 0.6) is 0 Å². The first-order chi connectivity index (χ1) is 7.28. The fraction of sp³-hybridized carbons (Fsp3) is 0.917. The van der Waals surface area contributed by atoms with Gasteiger partial charge in [-0.15, -0.1) is 0 Å². The molecule has 1 aliphatic heterocycles. The molecule has 1 aliphatic carbocycles. The summed E-state index contributed by atoms with van der Waals surface area (Å²) >= 11 is 0. The molecule has 0 aromatic rings. The van der Waals surface area contributed by atoms with E-state index in [-0.39, 0.29) is 5.97 Å². The average molecular weight is 211 g/mol. The Morgan fingerprint density at radius 2 is 2.00 bits per heavy atom. The normalized spacial score (nSPS) is 31.3. The van der Waals surface area contributed by atoms with E-state index in [0.29, 0.717) is 6.42 Å².